The number of carbonyl (C=O) groups excluding carboxylic acids is 1. The minimum Gasteiger partial charge on any atom is -0.443 e. The van der Waals surface area contributed by atoms with Gasteiger partial charge in [0.05, 0.1) is 5.69 Å². The molecule has 6 heteroatoms. The van der Waals surface area contributed by atoms with Gasteiger partial charge in [-0.15, -0.1) is 0 Å². The van der Waals surface area contributed by atoms with E-state index < -0.39 is 11.7 Å². The summed E-state index contributed by atoms with van der Waals surface area (Å²) in [5.74, 6) is 0. The molecule has 4 nitrogen and oxygen atoms in total. The van der Waals surface area contributed by atoms with E-state index in [1.165, 1.54) is 12.1 Å². The average Bonchev–Trinajstić information content (AvgIpc) is 2.14. The number of ether oxygens (including phenoxy) is 1. The number of anilines is 1. The molecule has 0 spiro atoms. The highest BCUT2D eigenvalue weighted by Gasteiger charge is 2.20. The average molecular weight is 277 g/mol. The monoisotopic (exact) mass is 276 g/mol. The number of halogens is 2. The lowest BCUT2D eigenvalue weighted by molar-refractivity contribution is 0.0462. The Balaban J connectivity index is 2.68. The number of hydrogen-bond donors (Lipinski definition) is 1. The summed E-state index contributed by atoms with van der Waals surface area (Å²) in [6.45, 7) is 5.60. The van der Waals surface area contributed by atoms with Crippen molar-refractivity contribution in [2.45, 2.75) is 32.8 Å². The number of rotatable bonds is 3. The summed E-state index contributed by atoms with van der Waals surface area (Å²) in [5.41, 5.74) is -0.0584. The number of carbonyl (C=O) groups is 1. The van der Waals surface area contributed by atoms with Crippen molar-refractivity contribution in [1.29, 1.82) is 0 Å². The fourth-order valence-electron chi connectivity index (χ4n) is 1.00. The van der Waals surface area contributed by atoms with Crippen LogP contribution >= 0.6 is 23.2 Å². The molecule has 1 rings (SSSR count). The maximum absolute atomic E-state index is 11.6. The normalized spacial score (nSPS) is 11.1. The second-order valence-corrected chi connectivity index (χ2v) is 4.90. The molecule has 1 N–H and O–H groups in total. The Kier molecular flexibility index (Phi) is 4.60. The molecule has 0 bridgehead atoms. The highest BCUT2D eigenvalue weighted by Crippen LogP contribution is 2.20. The zero-order valence-corrected chi connectivity index (χ0v) is 11.4. The lowest BCUT2D eigenvalue weighted by atomic mass is 10.1. The molecule has 0 radical (unpaired) electrons. The highest BCUT2D eigenvalue weighted by atomic mass is 35.5. The van der Waals surface area contributed by atoms with Crippen LogP contribution in [0.3, 0.4) is 0 Å². The van der Waals surface area contributed by atoms with Gasteiger partial charge in [-0.3, -0.25) is 5.32 Å². The molecular weight excluding hydrogens is 263 g/mol. The Hall–Kier alpha value is -1.00. The van der Waals surface area contributed by atoms with Crippen molar-refractivity contribution in [2.24, 2.45) is 0 Å². The van der Waals surface area contributed by atoms with E-state index in [-0.39, 0.29) is 10.3 Å². The number of nitrogens with zero attached hydrogens (tertiary/aromatic N) is 1. The van der Waals surface area contributed by atoms with Gasteiger partial charge < -0.3 is 4.74 Å². The molecule has 0 unspecified atom stereocenters. The fourth-order valence-corrected chi connectivity index (χ4v) is 1.46. The van der Waals surface area contributed by atoms with Crippen molar-refractivity contribution in [2.75, 3.05) is 5.32 Å². The first-order valence-corrected chi connectivity index (χ1v) is 5.91. The number of pyridine rings is 1. The Morgan fingerprint density at radius 1 is 1.41 bits per heavy atom. The first kappa shape index (κ1) is 14.1. The van der Waals surface area contributed by atoms with Gasteiger partial charge in [-0.05, 0) is 32.4 Å². The van der Waals surface area contributed by atoms with Crippen molar-refractivity contribution >= 4 is 35.0 Å². The smallest absolute Gasteiger partial charge is 0.412 e. The fraction of sp³-hybridized carbons (Fsp3) is 0.455. The lowest BCUT2D eigenvalue weighted by Crippen LogP contribution is -2.29. The number of nitrogens with one attached hydrogen (secondary N) is 1. The summed E-state index contributed by atoms with van der Waals surface area (Å²) in [6, 6.07) is 2.99. The van der Waals surface area contributed by atoms with Gasteiger partial charge in [0, 0.05) is 0 Å². The molecule has 17 heavy (non-hydrogen) atoms. The molecule has 1 amide bonds. The second-order valence-electron chi connectivity index (χ2n) is 4.13. The molecule has 94 valence electrons. The summed E-state index contributed by atoms with van der Waals surface area (Å²) < 4.78 is 5.21. The van der Waals surface area contributed by atoms with Crippen LogP contribution in [-0.2, 0) is 4.74 Å². The number of aromatic nitrogens is 1. The van der Waals surface area contributed by atoms with E-state index in [1.54, 1.807) is 0 Å². The third-order valence-electron chi connectivity index (χ3n) is 2.23. The van der Waals surface area contributed by atoms with Crippen LogP contribution in [0.5, 0.6) is 0 Å². The van der Waals surface area contributed by atoms with Crippen LogP contribution in [0.25, 0.3) is 0 Å². The molecule has 0 saturated heterocycles. The third kappa shape index (κ3) is 4.79. The Bertz CT molecular complexity index is 402. The molecule has 0 atom stereocenters. The predicted octanol–water partition coefficient (Wildman–Crippen LogP) is 4.13. The van der Waals surface area contributed by atoms with E-state index >= 15 is 0 Å². The zero-order valence-electron chi connectivity index (χ0n) is 9.88. The van der Waals surface area contributed by atoms with E-state index in [4.69, 9.17) is 27.9 Å². The summed E-state index contributed by atoms with van der Waals surface area (Å²) in [4.78, 5) is 15.3. The van der Waals surface area contributed by atoms with Crippen LogP contribution in [-0.4, -0.2) is 16.7 Å². The standard InChI is InChI=1S/C11H14Cl2N2O2/c1-4-11(2,3)17-10(16)14-7-5-8(12)15-9(13)6-7/h5-6H,4H2,1-3H3,(H,14,15,16). The van der Waals surface area contributed by atoms with Crippen molar-refractivity contribution in [3.05, 3.63) is 22.4 Å². The van der Waals surface area contributed by atoms with Crippen LogP contribution in [0.15, 0.2) is 12.1 Å². The molecule has 1 aromatic heterocycles. The SMILES string of the molecule is CCC(C)(C)OC(=O)Nc1cc(Cl)nc(Cl)c1. The van der Waals surface area contributed by atoms with Gasteiger partial charge in [0.1, 0.15) is 15.9 Å². The van der Waals surface area contributed by atoms with Gasteiger partial charge in [-0.2, -0.15) is 0 Å². The molecule has 0 aliphatic carbocycles. The van der Waals surface area contributed by atoms with Crippen LogP contribution in [0.4, 0.5) is 10.5 Å². The minimum atomic E-state index is -0.546. The first-order chi connectivity index (χ1) is 7.82. The number of hydrogen-bond acceptors (Lipinski definition) is 3. The minimum absolute atomic E-state index is 0.211. The predicted molar refractivity (Wildman–Crippen MR) is 68.7 cm³/mol. The van der Waals surface area contributed by atoms with E-state index in [1.807, 2.05) is 20.8 Å². The molecule has 0 saturated carbocycles. The zero-order chi connectivity index (χ0) is 13.1. The quantitative estimate of drug-likeness (QED) is 0.845. The van der Waals surface area contributed by atoms with Gasteiger partial charge in [0.15, 0.2) is 0 Å². The van der Waals surface area contributed by atoms with Gasteiger partial charge in [-0.1, -0.05) is 30.1 Å². The lowest BCUT2D eigenvalue weighted by Gasteiger charge is -2.23. The maximum Gasteiger partial charge on any atom is 0.412 e. The van der Waals surface area contributed by atoms with Gasteiger partial charge in [0.25, 0.3) is 0 Å². The summed E-state index contributed by atoms with van der Waals surface area (Å²) in [6.07, 6.45) is 0.174. The Morgan fingerprint density at radius 3 is 2.41 bits per heavy atom. The van der Waals surface area contributed by atoms with E-state index in [0.29, 0.717) is 5.69 Å². The van der Waals surface area contributed by atoms with Crippen LogP contribution in [0, 0.1) is 0 Å². The van der Waals surface area contributed by atoms with Crippen molar-refractivity contribution in [3.8, 4) is 0 Å². The van der Waals surface area contributed by atoms with Crippen molar-refractivity contribution in [3.63, 3.8) is 0 Å². The van der Waals surface area contributed by atoms with Crippen molar-refractivity contribution in [1.82, 2.24) is 4.98 Å². The molecule has 0 aliphatic rings. The maximum atomic E-state index is 11.6. The highest BCUT2D eigenvalue weighted by molar-refractivity contribution is 6.32. The summed E-state index contributed by atoms with van der Waals surface area (Å²) >= 11 is 11.4. The first-order valence-electron chi connectivity index (χ1n) is 5.15. The third-order valence-corrected chi connectivity index (χ3v) is 2.62. The summed E-state index contributed by atoms with van der Waals surface area (Å²) in [7, 11) is 0. The molecule has 0 aliphatic heterocycles. The number of amides is 1. The van der Waals surface area contributed by atoms with Crippen LogP contribution in [0.1, 0.15) is 27.2 Å². The van der Waals surface area contributed by atoms with E-state index in [2.05, 4.69) is 10.3 Å². The Morgan fingerprint density at radius 2 is 1.94 bits per heavy atom. The molecule has 1 aromatic rings. The van der Waals surface area contributed by atoms with Crippen molar-refractivity contribution < 1.29 is 9.53 Å². The topological polar surface area (TPSA) is 51.2 Å². The second kappa shape index (κ2) is 5.56. The molecule has 0 fully saturated rings. The Labute approximate surface area is 110 Å². The molecule has 0 aromatic carbocycles. The largest absolute Gasteiger partial charge is 0.443 e. The molecule has 1 heterocycles. The van der Waals surface area contributed by atoms with Gasteiger partial charge in [0.2, 0.25) is 0 Å². The van der Waals surface area contributed by atoms with Gasteiger partial charge >= 0.3 is 6.09 Å². The van der Waals surface area contributed by atoms with E-state index in [0.717, 1.165) is 6.42 Å². The van der Waals surface area contributed by atoms with Crippen LogP contribution < -0.4 is 5.32 Å². The van der Waals surface area contributed by atoms with Gasteiger partial charge in [-0.25, -0.2) is 9.78 Å². The molecular formula is C11H14Cl2N2O2. The summed E-state index contributed by atoms with van der Waals surface area (Å²) in [5, 5.41) is 2.97. The van der Waals surface area contributed by atoms with Crippen LogP contribution in [0.2, 0.25) is 10.3 Å². The van der Waals surface area contributed by atoms with E-state index in [9.17, 15) is 4.79 Å².